The van der Waals surface area contributed by atoms with E-state index in [4.69, 9.17) is 4.52 Å². The van der Waals surface area contributed by atoms with Crippen molar-refractivity contribution in [2.75, 3.05) is 6.61 Å². The molecular weight excluding hydrogens is 171 g/mol. The van der Waals surface area contributed by atoms with E-state index in [1.165, 1.54) is 25.7 Å². The molecule has 0 amide bonds. The quantitative estimate of drug-likeness (QED) is 0.621. The van der Waals surface area contributed by atoms with Crippen molar-refractivity contribution in [3.05, 3.63) is 0 Å². The van der Waals surface area contributed by atoms with Gasteiger partial charge in [0, 0.05) is 0 Å². The monoisotopic (exact) mass is 189 g/mol. The first-order valence-electron chi connectivity index (χ1n) is 4.87. The van der Waals surface area contributed by atoms with Crippen LogP contribution in [-0.2, 0) is 9.09 Å². The minimum absolute atomic E-state index is 0.580. The Labute approximate surface area is 76.0 Å². The zero-order valence-corrected chi connectivity index (χ0v) is 8.71. The maximum absolute atomic E-state index is 10.2. The Bertz CT molecular complexity index is 132. The summed E-state index contributed by atoms with van der Waals surface area (Å²) in [6.45, 7) is 2.89. The third-order valence-electron chi connectivity index (χ3n) is 2.95. The van der Waals surface area contributed by atoms with Crippen molar-refractivity contribution in [1.29, 1.82) is 0 Å². The van der Waals surface area contributed by atoms with Crippen molar-refractivity contribution >= 4 is 8.69 Å². The highest BCUT2D eigenvalue weighted by atomic mass is 31.1. The van der Waals surface area contributed by atoms with Crippen LogP contribution in [-0.4, -0.2) is 6.61 Å². The molecule has 2 unspecified atom stereocenters. The lowest BCUT2D eigenvalue weighted by atomic mass is 9.90. The first-order chi connectivity index (χ1) is 5.88. The highest BCUT2D eigenvalue weighted by Gasteiger charge is 2.24. The Balaban J connectivity index is 2.27. The van der Waals surface area contributed by atoms with Crippen LogP contribution < -0.4 is 0 Å². The Hall–Kier alpha value is 0.0600. The molecule has 0 saturated heterocycles. The number of rotatable bonds is 5. The van der Waals surface area contributed by atoms with Crippen LogP contribution in [0.15, 0.2) is 0 Å². The molecule has 0 aromatic carbocycles. The molecule has 0 heterocycles. The smallest absolute Gasteiger partial charge is 0.148 e. The number of hydrogen-bond donors (Lipinski definition) is 0. The van der Waals surface area contributed by atoms with Gasteiger partial charge in [0.15, 0.2) is 0 Å². The Morgan fingerprint density at radius 3 is 2.67 bits per heavy atom. The lowest BCUT2D eigenvalue weighted by Gasteiger charge is -2.18. The standard InChI is InChI=1S/C9H18O2P/c1-2-8(7-11-12-10)9-5-3-4-6-9/h8-9,12H,2-7H2,1H3/q+1. The lowest BCUT2D eigenvalue weighted by Crippen LogP contribution is -2.15. The summed E-state index contributed by atoms with van der Waals surface area (Å²) >= 11 is 0. The van der Waals surface area contributed by atoms with Crippen LogP contribution in [0.5, 0.6) is 0 Å². The fraction of sp³-hybridized carbons (Fsp3) is 1.00. The van der Waals surface area contributed by atoms with E-state index < -0.39 is 8.69 Å². The van der Waals surface area contributed by atoms with Gasteiger partial charge in [-0.3, -0.25) is 0 Å². The van der Waals surface area contributed by atoms with Gasteiger partial charge in [0.2, 0.25) is 0 Å². The molecule has 1 aliphatic carbocycles. The molecule has 2 nitrogen and oxygen atoms in total. The van der Waals surface area contributed by atoms with Crippen LogP contribution in [0.1, 0.15) is 39.0 Å². The highest BCUT2D eigenvalue weighted by Crippen LogP contribution is 2.33. The molecule has 70 valence electrons. The van der Waals surface area contributed by atoms with E-state index in [-0.39, 0.29) is 0 Å². The highest BCUT2D eigenvalue weighted by molar-refractivity contribution is 7.17. The average molecular weight is 189 g/mol. The first kappa shape index (κ1) is 10.1. The van der Waals surface area contributed by atoms with Crippen LogP contribution in [0.3, 0.4) is 0 Å². The first-order valence-corrected chi connectivity index (χ1v) is 5.69. The predicted molar refractivity (Wildman–Crippen MR) is 50.7 cm³/mol. The summed E-state index contributed by atoms with van der Waals surface area (Å²) in [5, 5.41) is 0. The van der Waals surface area contributed by atoms with Crippen molar-refractivity contribution in [1.82, 2.24) is 0 Å². The van der Waals surface area contributed by atoms with Gasteiger partial charge in [0.25, 0.3) is 0 Å². The predicted octanol–water partition coefficient (Wildman–Crippen LogP) is 3.16. The van der Waals surface area contributed by atoms with E-state index in [1.807, 2.05) is 0 Å². The summed E-state index contributed by atoms with van der Waals surface area (Å²) in [4.78, 5) is 0. The maximum atomic E-state index is 10.2. The molecule has 1 saturated carbocycles. The van der Waals surface area contributed by atoms with Gasteiger partial charge >= 0.3 is 8.69 Å². The second-order valence-corrected chi connectivity index (χ2v) is 4.06. The van der Waals surface area contributed by atoms with Gasteiger partial charge in [0.05, 0.1) is 0 Å². The van der Waals surface area contributed by atoms with Crippen LogP contribution in [0.2, 0.25) is 0 Å². The van der Waals surface area contributed by atoms with Crippen LogP contribution in [0.4, 0.5) is 0 Å². The molecule has 1 aliphatic rings. The van der Waals surface area contributed by atoms with Gasteiger partial charge in [0.1, 0.15) is 6.61 Å². The third kappa shape index (κ3) is 2.84. The second kappa shape index (κ2) is 5.66. The molecule has 0 bridgehead atoms. The van der Waals surface area contributed by atoms with E-state index in [0.717, 1.165) is 12.3 Å². The molecule has 3 heteroatoms. The summed E-state index contributed by atoms with van der Waals surface area (Å²) in [7, 11) is -0.580. The molecule has 1 fully saturated rings. The Kier molecular flexibility index (Phi) is 4.79. The molecule has 0 radical (unpaired) electrons. The van der Waals surface area contributed by atoms with Crippen LogP contribution in [0, 0.1) is 11.8 Å². The van der Waals surface area contributed by atoms with Gasteiger partial charge in [-0.15, -0.1) is 4.52 Å². The molecule has 12 heavy (non-hydrogen) atoms. The fourth-order valence-electron chi connectivity index (χ4n) is 2.16. The molecule has 2 atom stereocenters. The van der Waals surface area contributed by atoms with E-state index in [9.17, 15) is 4.57 Å². The van der Waals surface area contributed by atoms with Gasteiger partial charge in [-0.05, 0) is 16.4 Å². The maximum Gasteiger partial charge on any atom is 0.494 e. The Morgan fingerprint density at radius 2 is 2.17 bits per heavy atom. The summed E-state index contributed by atoms with van der Waals surface area (Å²) in [5.74, 6) is 1.49. The van der Waals surface area contributed by atoms with Crippen molar-refractivity contribution < 1.29 is 9.09 Å². The van der Waals surface area contributed by atoms with E-state index >= 15 is 0 Å². The van der Waals surface area contributed by atoms with Crippen LogP contribution in [0.25, 0.3) is 0 Å². The molecule has 0 aromatic rings. The lowest BCUT2D eigenvalue weighted by molar-refractivity contribution is 0.204. The zero-order valence-electron chi connectivity index (χ0n) is 7.71. The van der Waals surface area contributed by atoms with E-state index in [2.05, 4.69) is 6.92 Å². The molecule has 0 spiro atoms. The molecular formula is C9H18O2P+. The van der Waals surface area contributed by atoms with Crippen molar-refractivity contribution in [3.63, 3.8) is 0 Å². The van der Waals surface area contributed by atoms with Gasteiger partial charge in [-0.2, -0.15) is 0 Å². The molecule has 0 aromatic heterocycles. The molecule has 0 aliphatic heterocycles. The van der Waals surface area contributed by atoms with Gasteiger partial charge in [-0.25, -0.2) is 0 Å². The van der Waals surface area contributed by atoms with Crippen molar-refractivity contribution in [2.45, 2.75) is 39.0 Å². The number of hydrogen-bond acceptors (Lipinski definition) is 2. The zero-order chi connectivity index (χ0) is 8.81. The summed E-state index contributed by atoms with van der Waals surface area (Å²) in [6, 6.07) is 0. The third-order valence-corrected chi connectivity index (χ3v) is 3.23. The van der Waals surface area contributed by atoms with Crippen molar-refractivity contribution in [3.8, 4) is 0 Å². The van der Waals surface area contributed by atoms with Crippen molar-refractivity contribution in [2.24, 2.45) is 11.8 Å². The summed E-state index contributed by atoms with van der Waals surface area (Å²) in [6.07, 6.45) is 6.62. The summed E-state index contributed by atoms with van der Waals surface area (Å²) in [5.41, 5.74) is 0. The molecule has 0 N–H and O–H groups in total. The minimum atomic E-state index is -0.580. The average Bonchev–Trinajstić information content (AvgIpc) is 2.59. The second-order valence-electron chi connectivity index (χ2n) is 3.61. The normalized spacial score (nSPS) is 21.8. The van der Waals surface area contributed by atoms with E-state index in [1.54, 1.807) is 0 Å². The van der Waals surface area contributed by atoms with Gasteiger partial charge < -0.3 is 0 Å². The SMILES string of the molecule is CCC(CO[PH+]=O)C1CCCC1. The molecule has 1 rings (SSSR count). The fourth-order valence-corrected chi connectivity index (χ4v) is 2.44. The summed E-state index contributed by atoms with van der Waals surface area (Å²) < 4.78 is 15.1. The largest absolute Gasteiger partial charge is 0.494 e. The van der Waals surface area contributed by atoms with Crippen LogP contribution >= 0.6 is 8.69 Å². The Morgan fingerprint density at radius 1 is 1.50 bits per heavy atom. The topological polar surface area (TPSA) is 26.3 Å². The minimum Gasteiger partial charge on any atom is -0.148 e. The van der Waals surface area contributed by atoms with E-state index in [0.29, 0.717) is 12.5 Å². The van der Waals surface area contributed by atoms with Gasteiger partial charge in [-0.1, -0.05) is 39.0 Å².